The van der Waals surface area contributed by atoms with E-state index in [1.807, 2.05) is 7.05 Å². The van der Waals surface area contributed by atoms with E-state index in [-0.39, 0.29) is 11.8 Å². The second-order valence-corrected chi connectivity index (χ2v) is 5.38. The maximum atomic E-state index is 11.5. The molecule has 1 amide bonds. The predicted octanol–water partition coefficient (Wildman–Crippen LogP) is 0.453. The van der Waals surface area contributed by atoms with E-state index >= 15 is 0 Å². The fourth-order valence-corrected chi connectivity index (χ4v) is 2.81. The van der Waals surface area contributed by atoms with E-state index in [0.29, 0.717) is 12.6 Å². The van der Waals surface area contributed by atoms with Crippen molar-refractivity contribution in [3.05, 3.63) is 12.5 Å². The lowest BCUT2D eigenvalue weighted by atomic mass is 9.93. The summed E-state index contributed by atoms with van der Waals surface area (Å²) in [7, 11) is 1.85. The molecule has 0 bridgehead atoms. The van der Waals surface area contributed by atoms with Gasteiger partial charge in [-0.3, -0.25) is 9.48 Å². The van der Waals surface area contributed by atoms with Crippen LogP contribution in [0.25, 0.3) is 11.0 Å². The summed E-state index contributed by atoms with van der Waals surface area (Å²) in [5, 5.41) is 5.14. The van der Waals surface area contributed by atoms with Crippen molar-refractivity contribution in [1.29, 1.82) is 0 Å². The van der Waals surface area contributed by atoms with Gasteiger partial charge >= 0.3 is 0 Å². The maximum Gasteiger partial charge on any atom is 0.222 e. The van der Waals surface area contributed by atoms with Crippen LogP contribution in [-0.2, 0) is 11.8 Å². The number of hydrogen-bond acceptors (Lipinski definition) is 5. The summed E-state index contributed by atoms with van der Waals surface area (Å²) in [6.45, 7) is 2.75. The molecule has 0 saturated carbocycles. The molecule has 1 aliphatic heterocycles. The Kier molecular flexibility index (Phi) is 3.04. The zero-order chi connectivity index (χ0) is 14.3. The molecular formula is C13H18N6O. The fraction of sp³-hybridized carbons (Fsp3) is 0.538. The number of piperidine rings is 1. The SMILES string of the molecule is C[C@H]1CC[C@H](C(N)=O)CN1c1ncnc2c1cnn2C. The van der Waals surface area contributed by atoms with E-state index in [1.54, 1.807) is 17.2 Å². The molecule has 7 heteroatoms. The lowest BCUT2D eigenvalue weighted by molar-refractivity contribution is -0.122. The minimum atomic E-state index is -0.238. The lowest BCUT2D eigenvalue weighted by Crippen LogP contribution is -2.46. The summed E-state index contributed by atoms with van der Waals surface area (Å²) in [4.78, 5) is 22.2. The van der Waals surface area contributed by atoms with E-state index in [9.17, 15) is 4.79 Å². The first-order valence-corrected chi connectivity index (χ1v) is 6.76. The van der Waals surface area contributed by atoms with Gasteiger partial charge in [-0.05, 0) is 19.8 Å². The zero-order valence-corrected chi connectivity index (χ0v) is 11.7. The van der Waals surface area contributed by atoms with Crippen molar-refractivity contribution in [3.63, 3.8) is 0 Å². The molecule has 2 aromatic heterocycles. The van der Waals surface area contributed by atoms with Crippen LogP contribution in [0.3, 0.4) is 0 Å². The van der Waals surface area contributed by atoms with E-state index in [4.69, 9.17) is 5.73 Å². The van der Waals surface area contributed by atoms with Crippen LogP contribution in [-0.4, -0.2) is 38.2 Å². The van der Waals surface area contributed by atoms with Gasteiger partial charge in [0.2, 0.25) is 5.91 Å². The highest BCUT2D eigenvalue weighted by molar-refractivity contribution is 5.87. The highest BCUT2D eigenvalue weighted by Crippen LogP contribution is 2.30. The van der Waals surface area contributed by atoms with Gasteiger partial charge in [0.25, 0.3) is 0 Å². The Labute approximate surface area is 116 Å². The minimum Gasteiger partial charge on any atom is -0.369 e. The van der Waals surface area contributed by atoms with Gasteiger partial charge in [-0.2, -0.15) is 5.10 Å². The van der Waals surface area contributed by atoms with Crippen LogP contribution in [0.2, 0.25) is 0 Å². The van der Waals surface area contributed by atoms with Gasteiger partial charge in [0, 0.05) is 19.6 Å². The van der Waals surface area contributed by atoms with Crippen molar-refractivity contribution in [2.24, 2.45) is 18.7 Å². The Morgan fingerprint density at radius 3 is 2.95 bits per heavy atom. The Bertz CT molecular complexity index is 651. The summed E-state index contributed by atoms with van der Waals surface area (Å²) in [5.74, 6) is 0.479. The second kappa shape index (κ2) is 4.73. The number of rotatable bonds is 2. The molecule has 1 saturated heterocycles. The smallest absolute Gasteiger partial charge is 0.222 e. The van der Waals surface area contributed by atoms with Crippen molar-refractivity contribution >= 4 is 22.8 Å². The Morgan fingerprint density at radius 1 is 1.40 bits per heavy atom. The normalized spacial score (nSPS) is 23.2. The number of aryl methyl sites for hydroxylation is 1. The Balaban J connectivity index is 2.02. The number of carbonyl (C=O) groups is 1. The Morgan fingerprint density at radius 2 is 2.20 bits per heavy atom. The molecule has 20 heavy (non-hydrogen) atoms. The van der Waals surface area contributed by atoms with Gasteiger partial charge in [-0.25, -0.2) is 9.97 Å². The number of nitrogens with zero attached hydrogens (tertiary/aromatic N) is 5. The summed E-state index contributed by atoms with van der Waals surface area (Å²) < 4.78 is 1.72. The first-order valence-electron chi connectivity index (χ1n) is 6.76. The molecule has 0 unspecified atom stereocenters. The van der Waals surface area contributed by atoms with E-state index in [0.717, 1.165) is 29.7 Å². The van der Waals surface area contributed by atoms with Crippen LogP contribution in [0.1, 0.15) is 19.8 Å². The molecule has 2 atom stereocenters. The quantitative estimate of drug-likeness (QED) is 0.859. The molecule has 0 spiro atoms. The van der Waals surface area contributed by atoms with Crippen molar-refractivity contribution in [3.8, 4) is 0 Å². The maximum absolute atomic E-state index is 11.5. The third-order valence-electron chi connectivity index (χ3n) is 4.06. The van der Waals surface area contributed by atoms with Crippen molar-refractivity contribution < 1.29 is 4.79 Å². The van der Waals surface area contributed by atoms with Crippen molar-refractivity contribution in [1.82, 2.24) is 19.7 Å². The van der Waals surface area contributed by atoms with Gasteiger partial charge in [0.15, 0.2) is 5.65 Å². The van der Waals surface area contributed by atoms with Crippen LogP contribution < -0.4 is 10.6 Å². The third kappa shape index (κ3) is 1.99. The molecule has 2 aromatic rings. The van der Waals surface area contributed by atoms with Gasteiger partial charge in [0.1, 0.15) is 12.1 Å². The number of carbonyl (C=O) groups excluding carboxylic acids is 1. The molecule has 0 aromatic carbocycles. The molecule has 7 nitrogen and oxygen atoms in total. The summed E-state index contributed by atoms with van der Waals surface area (Å²) in [6.07, 6.45) is 5.08. The van der Waals surface area contributed by atoms with Gasteiger partial charge in [-0.15, -0.1) is 0 Å². The molecule has 0 aliphatic carbocycles. The number of anilines is 1. The van der Waals surface area contributed by atoms with Gasteiger partial charge in [0.05, 0.1) is 17.5 Å². The van der Waals surface area contributed by atoms with Gasteiger partial charge in [-0.1, -0.05) is 0 Å². The zero-order valence-electron chi connectivity index (χ0n) is 11.7. The van der Waals surface area contributed by atoms with Crippen LogP contribution in [0.15, 0.2) is 12.5 Å². The summed E-state index contributed by atoms with van der Waals surface area (Å²) in [5.41, 5.74) is 6.25. The lowest BCUT2D eigenvalue weighted by Gasteiger charge is -2.37. The van der Waals surface area contributed by atoms with Crippen LogP contribution in [0, 0.1) is 5.92 Å². The van der Waals surface area contributed by atoms with Gasteiger partial charge < -0.3 is 10.6 Å². The average molecular weight is 274 g/mol. The molecule has 3 heterocycles. The number of amides is 1. The number of nitrogens with two attached hydrogens (primary N) is 1. The molecule has 0 radical (unpaired) electrons. The van der Waals surface area contributed by atoms with E-state index in [1.165, 1.54) is 0 Å². The number of fused-ring (bicyclic) bond motifs is 1. The van der Waals surface area contributed by atoms with E-state index in [2.05, 4.69) is 26.9 Å². The first-order chi connectivity index (χ1) is 9.58. The second-order valence-electron chi connectivity index (χ2n) is 5.38. The Hall–Kier alpha value is -2.18. The third-order valence-corrected chi connectivity index (χ3v) is 4.06. The molecular weight excluding hydrogens is 256 g/mol. The number of aromatic nitrogens is 4. The summed E-state index contributed by atoms with van der Waals surface area (Å²) >= 11 is 0. The number of primary amides is 1. The van der Waals surface area contributed by atoms with Crippen LogP contribution in [0.5, 0.6) is 0 Å². The average Bonchev–Trinajstić information content (AvgIpc) is 2.81. The molecule has 3 rings (SSSR count). The highest BCUT2D eigenvalue weighted by atomic mass is 16.1. The van der Waals surface area contributed by atoms with E-state index < -0.39 is 0 Å². The molecule has 1 aliphatic rings. The largest absolute Gasteiger partial charge is 0.369 e. The first kappa shape index (κ1) is 12.8. The highest BCUT2D eigenvalue weighted by Gasteiger charge is 2.30. The standard InChI is InChI=1S/C13H18N6O/c1-8-3-4-9(11(14)20)6-19(8)13-10-5-17-18(2)12(10)15-7-16-13/h5,7-9H,3-4,6H2,1-2H3,(H2,14,20)/t8-,9-/m0/s1. The number of hydrogen-bond donors (Lipinski definition) is 1. The van der Waals surface area contributed by atoms with Crippen LogP contribution in [0.4, 0.5) is 5.82 Å². The van der Waals surface area contributed by atoms with Crippen molar-refractivity contribution in [2.75, 3.05) is 11.4 Å². The topological polar surface area (TPSA) is 89.9 Å². The molecule has 1 fully saturated rings. The fourth-order valence-electron chi connectivity index (χ4n) is 2.81. The van der Waals surface area contributed by atoms with Crippen molar-refractivity contribution in [2.45, 2.75) is 25.8 Å². The molecule has 2 N–H and O–H groups in total. The van der Waals surface area contributed by atoms with Crippen LogP contribution >= 0.6 is 0 Å². The monoisotopic (exact) mass is 274 g/mol. The summed E-state index contributed by atoms with van der Waals surface area (Å²) in [6, 6.07) is 0.323. The minimum absolute atomic E-state index is 0.118. The predicted molar refractivity (Wildman–Crippen MR) is 75.0 cm³/mol. The molecule has 106 valence electrons.